The van der Waals surface area contributed by atoms with Gasteiger partial charge in [0.25, 0.3) is 5.91 Å². The van der Waals surface area contributed by atoms with E-state index in [4.69, 9.17) is 15.2 Å². The van der Waals surface area contributed by atoms with Crippen LogP contribution in [-0.4, -0.2) is 58.7 Å². The van der Waals surface area contributed by atoms with Crippen LogP contribution in [0.2, 0.25) is 0 Å². The molecule has 5 heterocycles. The number of nitrogens with two attached hydrogens (primary N) is 1. The number of nitrogens with one attached hydrogen (secondary N) is 1. The summed E-state index contributed by atoms with van der Waals surface area (Å²) in [6, 6.07) is 16.2. The molecule has 2 amide bonds. The van der Waals surface area contributed by atoms with Gasteiger partial charge in [0.05, 0.1) is 40.2 Å². The zero-order valence-electron chi connectivity index (χ0n) is 22.0. The highest BCUT2D eigenvalue weighted by atomic mass is 16.6. The Morgan fingerprint density at radius 1 is 1.13 bits per heavy atom. The highest BCUT2D eigenvalue weighted by Gasteiger charge is 2.54. The second kappa shape index (κ2) is 7.59. The van der Waals surface area contributed by atoms with E-state index in [0.29, 0.717) is 13.0 Å². The molecule has 198 valence electrons. The molecule has 2 aromatic heterocycles. The predicted octanol–water partition coefficient (Wildman–Crippen LogP) is 3.55. The fraction of sp³-hybridized carbons (Fsp3) is 0.333. The zero-order chi connectivity index (χ0) is 26.8. The van der Waals surface area contributed by atoms with Crippen molar-refractivity contribution in [2.24, 2.45) is 5.73 Å². The van der Waals surface area contributed by atoms with Gasteiger partial charge in [-0.1, -0.05) is 36.4 Å². The lowest BCUT2D eigenvalue weighted by molar-refractivity contribution is -0.266. The van der Waals surface area contributed by atoms with Crippen molar-refractivity contribution in [3.05, 3.63) is 59.7 Å². The van der Waals surface area contributed by atoms with Gasteiger partial charge in [0.15, 0.2) is 5.72 Å². The first-order valence-electron chi connectivity index (χ1n) is 13.4. The fourth-order valence-corrected chi connectivity index (χ4v) is 7.72. The summed E-state index contributed by atoms with van der Waals surface area (Å²) >= 11 is 0. The third-order valence-corrected chi connectivity index (χ3v) is 9.26. The molecular weight excluding hydrogens is 494 g/mol. The summed E-state index contributed by atoms with van der Waals surface area (Å²) in [5.41, 5.74) is 10.6. The average Bonchev–Trinajstić information content (AvgIpc) is 3.59. The van der Waals surface area contributed by atoms with Crippen LogP contribution in [0.5, 0.6) is 0 Å². The summed E-state index contributed by atoms with van der Waals surface area (Å²) in [6.45, 7) is 2.45. The molecule has 4 atom stereocenters. The maximum absolute atomic E-state index is 13.4. The van der Waals surface area contributed by atoms with Crippen LogP contribution in [-0.2, 0) is 26.5 Å². The van der Waals surface area contributed by atoms with E-state index in [0.717, 1.165) is 54.7 Å². The standard InChI is InChI=1S/C30H29N5O4/c1-30-28(38-3)20(33(2)21(36)13-31)12-22(39-30)34-18-10-6-4-8-15(18)24-25-17(14-32-29(25)37)23-16-9-5-7-11-19(16)35(30)27(23)26(24)34/h4-11,20,22,28H,12-14,31H2,1-3H3,(H,32,37)/t20-,22-,28-,30+/m1/s1. The van der Waals surface area contributed by atoms with Gasteiger partial charge in [-0.05, 0) is 24.6 Å². The Bertz CT molecular complexity index is 1900. The van der Waals surface area contributed by atoms with E-state index in [9.17, 15) is 9.59 Å². The van der Waals surface area contributed by atoms with Crippen molar-refractivity contribution >= 4 is 55.4 Å². The summed E-state index contributed by atoms with van der Waals surface area (Å²) in [5.74, 6) is -0.200. The molecule has 3 N–H and O–H groups in total. The minimum atomic E-state index is -0.968. The molecule has 0 aliphatic carbocycles. The van der Waals surface area contributed by atoms with Gasteiger partial charge in [0.2, 0.25) is 5.91 Å². The summed E-state index contributed by atoms with van der Waals surface area (Å²) in [7, 11) is 3.48. The maximum Gasteiger partial charge on any atom is 0.252 e. The van der Waals surface area contributed by atoms with Crippen LogP contribution in [0.4, 0.5) is 0 Å². The molecule has 1 saturated heterocycles. The smallest absolute Gasteiger partial charge is 0.252 e. The summed E-state index contributed by atoms with van der Waals surface area (Å²) in [4.78, 5) is 28.1. The molecule has 3 aromatic carbocycles. The number of hydrogen-bond donors (Lipinski definition) is 2. The monoisotopic (exact) mass is 523 g/mol. The number of amides is 2. The van der Waals surface area contributed by atoms with E-state index in [1.807, 2.05) is 24.3 Å². The molecule has 3 aliphatic heterocycles. The number of benzene rings is 3. The number of likely N-dealkylation sites (N-methyl/N-ethyl adjacent to an activating group) is 1. The van der Waals surface area contributed by atoms with Crippen LogP contribution in [0.15, 0.2) is 48.5 Å². The van der Waals surface area contributed by atoms with Crippen molar-refractivity contribution in [3.63, 3.8) is 0 Å². The van der Waals surface area contributed by atoms with Crippen molar-refractivity contribution in [2.75, 3.05) is 20.7 Å². The number of nitrogens with zero attached hydrogens (tertiary/aromatic N) is 3. The number of rotatable bonds is 3. The molecular formula is C30H29N5O4. The molecule has 39 heavy (non-hydrogen) atoms. The Hall–Kier alpha value is -3.92. The molecule has 0 unspecified atom stereocenters. The number of aromatic nitrogens is 2. The molecule has 5 aromatic rings. The normalized spacial score (nSPS) is 25.5. The first-order valence-corrected chi connectivity index (χ1v) is 13.4. The van der Waals surface area contributed by atoms with Crippen LogP contribution in [0, 0.1) is 0 Å². The van der Waals surface area contributed by atoms with Crippen molar-refractivity contribution in [1.82, 2.24) is 19.4 Å². The van der Waals surface area contributed by atoms with Gasteiger partial charge < -0.3 is 34.6 Å². The van der Waals surface area contributed by atoms with Crippen molar-refractivity contribution in [1.29, 1.82) is 0 Å². The van der Waals surface area contributed by atoms with Crippen molar-refractivity contribution in [2.45, 2.75) is 44.0 Å². The second-order valence-corrected chi connectivity index (χ2v) is 11.0. The third kappa shape index (κ3) is 2.60. The largest absolute Gasteiger partial charge is 0.374 e. The van der Waals surface area contributed by atoms with E-state index in [1.54, 1.807) is 19.1 Å². The van der Waals surface area contributed by atoms with Crippen molar-refractivity contribution in [3.8, 4) is 0 Å². The Labute approximate surface area is 224 Å². The average molecular weight is 524 g/mol. The lowest BCUT2D eigenvalue weighted by Crippen LogP contribution is -2.61. The van der Waals surface area contributed by atoms with Crippen LogP contribution >= 0.6 is 0 Å². The number of carbonyl (C=O) groups is 2. The van der Waals surface area contributed by atoms with Crippen LogP contribution in [0.3, 0.4) is 0 Å². The summed E-state index contributed by atoms with van der Waals surface area (Å²) in [6.07, 6.45) is -0.379. The Morgan fingerprint density at radius 2 is 1.82 bits per heavy atom. The molecule has 9 heteroatoms. The summed E-state index contributed by atoms with van der Waals surface area (Å²) < 4.78 is 17.9. The lowest BCUT2D eigenvalue weighted by atomic mass is 9.91. The lowest BCUT2D eigenvalue weighted by Gasteiger charge is -2.50. The molecule has 0 radical (unpaired) electrons. The first-order chi connectivity index (χ1) is 18.9. The SMILES string of the molecule is CO[C@@H]1[C@H](N(C)C(=O)CN)C[C@H]2O[C@]1(C)n1c3ccccc3c3c4c(c5c6ccccc6n2c5c31)C(=O)NC4. The van der Waals surface area contributed by atoms with Gasteiger partial charge >= 0.3 is 0 Å². The Kier molecular flexibility index (Phi) is 4.48. The molecule has 2 bridgehead atoms. The number of para-hydroxylation sites is 2. The van der Waals surface area contributed by atoms with E-state index in [2.05, 4.69) is 45.6 Å². The maximum atomic E-state index is 13.4. The van der Waals surface area contributed by atoms with E-state index in [-0.39, 0.29) is 24.4 Å². The molecule has 0 spiro atoms. The van der Waals surface area contributed by atoms with Gasteiger partial charge in [-0.25, -0.2) is 0 Å². The minimum Gasteiger partial charge on any atom is -0.374 e. The van der Waals surface area contributed by atoms with Crippen LogP contribution < -0.4 is 11.1 Å². The highest BCUT2D eigenvalue weighted by Crippen LogP contribution is 2.54. The van der Waals surface area contributed by atoms with Gasteiger partial charge in [-0.3, -0.25) is 9.59 Å². The minimum absolute atomic E-state index is 0.0492. The molecule has 1 fully saturated rings. The van der Waals surface area contributed by atoms with Gasteiger partial charge in [0.1, 0.15) is 12.3 Å². The first kappa shape index (κ1) is 23.0. The second-order valence-electron chi connectivity index (χ2n) is 11.0. The third-order valence-electron chi connectivity index (χ3n) is 9.26. The number of carbonyl (C=O) groups excluding carboxylic acids is 2. The summed E-state index contributed by atoms with van der Waals surface area (Å²) in [5, 5.41) is 7.19. The van der Waals surface area contributed by atoms with E-state index >= 15 is 0 Å². The number of fused-ring (bicyclic) bond motifs is 13. The van der Waals surface area contributed by atoms with Gasteiger partial charge in [0, 0.05) is 48.7 Å². The van der Waals surface area contributed by atoms with E-state index in [1.165, 1.54) is 0 Å². The topological polar surface area (TPSA) is 104 Å². The fourth-order valence-electron chi connectivity index (χ4n) is 7.72. The number of ether oxygens (including phenoxy) is 2. The van der Waals surface area contributed by atoms with Gasteiger partial charge in [-0.15, -0.1) is 0 Å². The highest BCUT2D eigenvalue weighted by molar-refractivity contribution is 6.31. The van der Waals surface area contributed by atoms with Crippen molar-refractivity contribution < 1.29 is 19.1 Å². The molecule has 0 saturated carbocycles. The number of methoxy groups -OCH3 is 1. The molecule has 3 aliphatic rings. The quantitative estimate of drug-likeness (QED) is 0.377. The van der Waals surface area contributed by atoms with Crippen LogP contribution in [0.1, 0.15) is 35.5 Å². The zero-order valence-corrected chi connectivity index (χ0v) is 22.0. The Morgan fingerprint density at radius 3 is 2.54 bits per heavy atom. The number of hydrogen-bond acceptors (Lipinski definition) is 5. The van der Waals surface area contributed by atoms with Crippen LogP contribution in [0.25, 0.3) is 43.6 Å². The molecule has 8 rings (SSSR count). The Balaban J connectivity index is 1.62. The van der Waals surface area contributed by atoms with E-state index < -0.39 is 18.1 Å². The van der Waals surface area contributed by atoms with Gasteiger partial charge in [-0.2, -0.15) is 0 Å². The molecule has 9 nitrogen and oxygen atoms in total. The predicted molar refractivity (Wildman–Crippen MR) is 148 cm³/mol.